The van der Waals surface area contributed by atoms with Gasteiger partial charge in [0, 0.05) is 0 Å². The van der Waals surface area contributed by atoms with Crippen LogP contribution in [0.25, 0.3) is 0 Å². The second kappa shape index (κ2) is 5.94. The summed E-state index contributed by atoms with van der Waals surface area (Å²) in [5, 5.41) is 10.8. The van der Waals surface area contributed by atoms with Gasteiger partial charge in [-0.15, -0.1) is 0 Å². The molecule has 0 aliphatic carbocycles. The van der Waals surface area contributed by atoms with Gasteiger partial charge in [0.2, 0.25) is 5.24 Å². The summed E-state index contributed by atoms with van der Waals surface area (Å²) in [5.74, 6) is -0.971. The molecule has 0 spiro atoms. The fraction of sp³-hybridized carbons (Fsp3) is 0.750. The number of nitrogens with one attached hydrogen (secondary N) is 1. The van der Waals surface area contributed by atoms with Gasteiger partial charge >= 0.3 is 5.97 Å². The lowest BCUT2D eigenvalue weighted by molar-refractivity contribution is -0.140. The highest BCUT2D eigenvalue weighted by molar-refractivity contribution is 6.64. The molecule has 0 aromatic rings. The summed E-state index contributed by atoms with van der Waals surface area (Å²) in [7, 11) is 0. The van der Waals surface area contributed by atoms with Gasteiger partial charge in [0.05, 0.1) is 6.54 Å². The van der Waals surface area contributed by atoms with Gasteiger partial charge < -0.3 is 5.11 Å². The minimum absolute atomic E-state index is 0.0199. The van der Waals surface area contributed by atoms with E-state index in [1.54, 1.807) is 0 Å². The van der Waals surface area contributed by atoms with Crippen molar-refractivity contribution in [2.24, 2.45) is 5.92 Å². The van der Waals surface area contributed by atoms with E-state index in [9.17, 15) is 9.59 Å². The number of carbonyl (C=O) groups is 2. The van der Waals surface area contributed by atoms with Crippen LogP contribution in [-0.4, -0.2) is 28.9 Å². The smallest absolute Gasteiger partial charge is 0.320 e. The molecule has 0 aromatic heterocycles. The van der Waals surface area contributed by atoms with Crippen LogP contribution in [0.4, 0.5) is 0 Å². The maximum atomic E-state index is 10.7. The van der Waals surface area contributed by atoms with Gasteiger partial charge in [0.15, 0.2) is 0 Å². The summed E-state index contributed by atoms with van der Waals surface area (Å²) >= 11 is 5.08. The number of hydrogen-bond acceptors (Lipinski definition) is 3. The molecular formula is C8H14ClNO3. The molecule has 13 heavy (non-hydrogen) atoms. The Morgan fingerprint density at radius 1 is 1.54 bits per heavy atom. The van der Waals surface area contributed by atoms with E-state index in [0.717, 1.165) is 6.42 Å². The first-order valence-electron chi connectivity index (χ1n) is 4.13. The molecule has 0 aromatic carbocycles. The van der Waals surface area contributed by atoms with Crippen molar-refractivity contribution in [3.8, 4) is 0 Å². The van der Waals surface area contributed by atoms with E-state index in [4.69, 9.17) is 16.7 Å². The Labute approximate surface area is 82.3 Å². The summed E-state index contributed by atoms with van der Waals surface area (Å²) in [4.78, 5) is 21.1. The monoisotopic (exact) mass is 207 g/mol. The molecule has 0 rings (SSSR count). The minimum Gasteiger partial charge on any atom is -0.480 e. The Balaban J connectivity index is 4.10. The zero-order valence-electron chi connectivity index (χ0n) is 7.71. The summed E-state index contributed by atoms with van der Waals surface area (Å²) in [6.45, 7) is 3.60. The first-order valence-corrected chi connectivity index (χ1v) is 4.51. The highest BCUT2D eigenvalue weighted by atomic mass is 35.5. The van der Waals surface area contributed by atoms with E-state index in [1.807, 2.05) is 13.8 Å². The standard InChI is InChI=1S/C8H14ClNO3/c1-3-5(2)7(8(12)13)10-4-6(9)11/h5,7,10H,3-4H2,1-2H3,(H,12,13)/t5-,7-/m0/s1. The van der Waals surface area contributed by atoms with Crippen LogP contribution < -0.4 is 5.32 Å². The molecule has 0 unspecified atom stereocenters. The zero-order chi connectivity index (χ0) is 10.4. The lowest BCUT2D eigenvalue weighted by Gasteiger charge is -2.18. The van der Waals surface area contributed by atoms with Crippen molar-refractivity contribution in [1.82, 2.24) is 5.32 Å². The molecule has 4 nitrogen and oxygen atoms in total. The molecule has 0 aliphatic rings. The van der Waals surface area contributed by atoms with Gasteiger partial charge in [0.1, 0.15) is 6.04 Å². The SMILES string of the molecule is CC[C@H](C)[C@H](NCC(=O)Cl)C(=O)O. The van der Waals surface area contributed by atoms with Crippen molar-refractivity contribution >= 4 is 22.8 Å². The van der Waals surface area contributed by atoms with Crippen LogP contribution in [0.3, 0.4) is 0 Å². The van der Waals surface area contributed by atoms with Crippen LogP contribution in [0, 0.1) is 5.92 Å². The van der Waals surface area contributed by atoms with Crippen molar-refractivity contribution in [3.63, 3.8) is 0 Å². The Hall–Kier alpha value is -0.610. The molecule has 5 heteroatoms. The van der Waals surface area contributed by atoms with Gasteiger partial charge in [-0.25, -0.2) is 0 Å². The average Bonchev–Trinajstić information content (AvgIpc) is 2.03. The largest absolute Gasteiger partial charge is 0.480 e. The van der Waals surface area contributed by atoms with E-state index in [1.165, 1.54) is 0 Å². The van der Waals surface area contributed by atoms with Gasteiger partial charge in [-0.2, -0.15) is 0 Å². The Morgan fingerprint density at radius 2 is 2.08 bits per heavy atom. The molecule has 2 N–H and O–H groups in total. The molecule has 0 saturated carbocycles. The summed E-state index contributed by atoms with van der Waals surface area (Å²) in [5.41, 5.74) is 0. The lowest BCUT2D eigenvalue weighted by Crippen LogP contribution is -2.43. The normalized spacial score (nSPS) is 15.0. The highest BCUT2D eigenvalue weighted by Crippen LogP contribution is 2.07. The Bertz CT molecular complexity index is 196. The van der Waals surface area contributed by atoms with E-state index in [-0.39, 0.29) is 12.5 Å². The van der Waals surface area contributed by atoms with Gasteiger partial charge in [-0.1, -0.05) is 20.3 Å². The second-order valence-corrected chi connectivity index (χ2v) is 3.36. The number of aliphatic carboxylic acids is 1. The first kappa shape index (κ1) is 12.4. The maximum absolute atomic E-state index is 10.7. The van der Waals surface area contributed by atoms with Crippen LogP contribution in [0.1, 0.15) is 20.3 Å². The van der Waals surface area contributed by atoms with Crippen molar-refractivity contribution in [2.75, 3.05) is 6.54 Å². The predicted molar refractivity (Wildman–Crippen MR) is 49.7 cm³/mol. The van der Waals surface area contributed by atoms with Crippen LogP contribution >= 0.6 is 11.6 Å². The predicted octanol–water partition coefficient (Wildman–Crippen LogP) is 0.841. The van der Waals surface area contributed by atoms with E-state index < -0.39 is 17.3 Å². The number of rotatable bonds is 6. The lowest BCUT2D eigenvalue weighted by atomic mass is 9.99. The third kappa shape index (κ3) is 4.85. The van der Waals surface area contributed by atoms with Crippen molar-refractivity contribution in [1.29, 1.82) is 0 Å². The molecule has 0 amide bonds. The van der Waals surface area contributed by atoms with Gasteiger partial charge in [-0.3, -0.25) is 14.9 Å². The van der Waals surface area contributed by atoms with Crippen LogP contribution in [-0.2, 0) is 9.59 Å². The number of halogens is 1. The van der Waals surface area contributed by atoms with Crippen LogP contribution in [0.5, 0.6) is 0 Å². The van der Waals surface area contributed by atoms with Crippen molar-refractivity contribution < 1.29 is 14.7 Å². The van der Waals surface area contributed by atoms with Crippen molar-refractivity contribution in [2.45, 2.75) is 26.3 Å². The fourth-order valence-corrected chi connectivity index (χ4v) is 1.03. The van der Waals surface area contributed by atoms with E-state index in [2.05, 4.69) is 5.32 Å². The van der Waals surface area contributed by atoms with Crippen molar-refractivity contribution in [3.05, 3.63) is 0 Å². The summed E-state index contributed by atoms with van der Waals surface area (Å²) < 4.78 is 0. The first-order chi connectivity index (χ1) is 5.99. The number of carbonyl (C=O) groups excluding carboxylic acids is 1. The summed E-state index contributed by atoms with van der Waals surface area (Å²) in [6.07, 6.45) is 0.737. The van der Waals surface area contributed by atoms with E-state index >= 15 is 0 Å². The van der Waals surface area contributed by atoms with Crippen LogP contribution in [0.15, 0.2) is 0 Å². The molecule has 0 bridgehead atoms. The number of hydrogen-bond donors (Lipinski definition) is 2. The Morgan fingerprint density at radius 3 is 2.38 bits per heavy atom. The second-order valence-electron chi connectivity index (χ2n) is 2.94. The summed E-state index contributed by atoms with van der Waals surface area (Å²) in [6, 6.07) is -0.701. The zero-order valence-corrected chi connectivity index (χ0v) is 8.47. The molecule has 76 valence electrons. The fourth-order valence-electron chi connectivity index (χ4n) is 0.958. The molecule has 0 aliphatic heterocycles. The molecule has 0 fully saturated rings. The molecule has 0 saturated heterocycles. The minimum atomic E-state index is -0.952. The highest BCUT2D eigenvalue weighted by Gasteiger charge is 2.22. The molecule has 0 heterocycles. The van der Waals surface area contributed by atoms with Crippen LogP contribution in [0.2, 0.25) is 0 Å². The molecule has 0 radical (unpaired) electrons. The van der Waals surface area contributed by atoms with Gasteiger partial charge in [-0.05, 0) is 17.5 Å². The third-order valence-corrected chi connectivity index (χ3v) is 2.07. The van der Waals surface area contributed by atoms with Gasteiger partial charge in [0.25, 0.3) is 0 Å². The Kier molecular flexibility index (Phi) is 5.66. The third-order valence-electron chi connectivity index (χ3n) is 1.94. The number of carboxylic acid groups (broad SMARTS) is 1. The number of carboxylic acids is 1. The topological polar surface area (TPSA) is 66.4 Å². The molecule has 2 atom stereocenters. The molecular weight excluding hydrogens is 194 g/mol. The quantitative estimate of drug-likeness (QED) is 0.634. The maximum Gasteiger partial charge on any atom is 0.320 e. The van der Waals surface area contributed by atoms with E-state index in [0.29, 0.717) is 0 Å². The average molecular weight is 208 g/mol.